The average Bonchev–Trinajstić information content (AvgIpc) is 2.76. The normalized spacial score (nSPS) is 11.4. The van der Waals surface area contributed by atoms with Crippen LogP contribution in [0.25, 0.3) is 11.0 Å². The molecule has 0 fully saturated rings. The Balaban J connectivity index is 0.00000288. The second-order valence-corrected chi connectivity index (χ2v) is 5.51. The van der Waals surface area contributed by atoms with Gasteiger partial charge in [-0.15, -0.1) is 12.4 Å². The van der Waals surface area contributed by atoms with E-state index in [0.29, 0.717) is 27.9 Å². The zero-order valence-electron chi connectivity index (χ0n) is 13.6. The van der Waals surface area contributed by atoms with Gasteiger partial charge in [0.15, 0.2) is 5.65 Å². The highest BCUT2D eigenvalue weighted by Crippen LogP contribution is 2.20. The van der Waals surface area contributed by atoms with Crippen LogP contribution < -0.4 is 16.6 Å². The number of halogens is 3. The molecule has 10 heteroatoms. The van der Waals surface area contributed by atoms with Crippen molar-refractivity contribution in [2.24, 2.45) is 12.8 Å². The Morgan fingerprint density at radius 2 is 2.04 bits per heavy atom. The third-order valence-corrected chi connectivity index (χ3v) is 3.76. The van der Waals surface area contributed by atoms with Gasteiger partial charge in [0.25, 0.3) is 11.5 Å². The zero-order chi connectivity index (χ0) is 17.4. The van der Waals surface area contributed by atoms with Gasteiger partial charge in [-0.25, -0.2) is 13.8 Å². The summed E-state index contributed by atoms with van der Waals surface area (Å²) in [5, 5.41) is 5.15. The Bertz CT molecular complexity index is 816. The highest BCUT2D eigenvalue weighted by molar-refractivity contribution is 5.85. The SMILES string of the molecule is Cc1nc2c(c(C)c1CC(=O)NCC(F)(F)CN)c(=O)[nH]n2C.Cl. The Hall–Kier alpha value is -2.00. The lowest BCUT2D eigenvalue weighted by molar-refractivity contribution is -0.122. The largest absolute Gasteiger partial charge is 0.350 e. The fraction of sp³-hybridized carbons (Fsp3) is 0.500. The molecule has 7 nitrogen and oxygen atoms in total. The number of fused-ring (bicyclic) bond motifs is 1. The molecule has 2 rings (SSSR count). The van der Waals surface area contributed by atoms with Crippen molar-refractivity contribution < 1.29 is 13.6 Å². The van der Waals surface area contributed by atoms with Crippen LogP contribution in [0, 0.1) is 13.8 Å². The summed E-state index contributed by atoms with van der Waals surface area (Å²) in [6.07, 6.45) is -0.129. The van der Waals surface area contributed by atoms with Crippen LogP contribution in [-0.4, -0.2) is 39.7 Å². The van der Waals surface area contributed by atoms with E-state index in [1.807, 2.05) is 0 Å². The van der Waals surface area contributed by atoms with E-state index >= 15 is 0 Å². The summed E-state index contributed by atoms with van der Waals surface area (Å²) in [4.78, 5) is 28.2. The van der Waals surface area contributed by atoms with Gasteiger partial charge in [-0.05, 0) is 25.0 Å². The maximum atomic E-state index is 13.1. The molecular weight excluding hydrogens is 344 g/mol. The minimum absolute atomic E-state index is 0. The van der Waals surface area contributed by atoms with Crippen molar-refractivity contribution in [1.82, 2.24) is 20.1 Å². The molecule has 24 heavy (non-hydrogen) atoms. The minimum atomic E-state index is -3.14. The molecule has 0 aliphatic rings. The molecule has 2 heterocycles. The number of hydrogen-bond donors (Lipinski definition) is 3. The molecule has 0 spiro atoms. The Labute approximate surface area is 143 Å². The van der Waals surface area contributed by atoms with E-state index < -0.39 is 24.9 Å². The van der Waals surface area contributed by atoms with Crippen molar-refractivity contribution in [2.75, 3.05) is 13.1 Å². The Kier molecular flexibility index (Phi) is 6.07. The van der Waals surface area contributed by atoms with Gasteiger partial charge in [0.2, 0.25) is 5.91 Å². The second-order valence-electron chi connectivity index (χ2n) is 5.51. The number of nitrogens with zero attached hydrogens (tertiary/aromatic N) is 2. The molecule has 4 N–H and O–H groups in total. The van der Waals surface area contributed by atoms with Crippen molar-refractivity contribution in [3.63, 3.8) is 0 Å². The lowest BCUT2D eigenvalue weighted by atomic mass is 10.0. The lowest BCUT2D eigenvalue weighted by Crippen LogP contribution is -2.42. The summed E-state index contributed by atoms with van der Waals surface area (Å²) in [5.74, 6) is -3.71. The number of nitrogens with one attached hydrogen (secondary N) is 2. The van der Waals surface area contributed by atoms with E-state index in [1.165, 1.54) is 4.68 Å². The number of aryl methyl sites for hydroxylation is 3. The third kappa shape index (κ3) is 3.90. The van der Waals surface area contributed by atoms with E-state index in [4.69, 9.17) is 5.73 Å². The molecule has 2 aromatic heterocycles. The van der Waals surface area contributed by atoms with Gasteiger partial charge in [0, 0.05) is 12.7 Å². The molecular formula is C14H20ClF2N5O2. The molecule has 1 amide bonds. The highest BCUT2D eigenvalue weighted by Gasteiger charge is 2.27. The molecule has 134 valence electrons. The number of nitrogens with two attached hydrogens (primary N) is 1. The average molecular weight is 364 g/mol. The van der Waals surface area contributed by atoms with Crippen LogP contribution in [0.15, 0.2) is 4.79 Å². The van der Waals surface area contributed by atoms with Crippen molar-refractivity contribution in [3.05, 3.63) is 27.2 Å². The molecule has 2 aromatic rings. The van der Waals surface area contributed by atoms with Crippen molar-refractivity contribution in [1.29, 1.82) is 0 Å². The summed E-state index contributed by atoms with van der Waals surface area (Å²) in [5.41, 5.74) is 6.86. The number of aromatic amines is 1. The molecule has 0 unspecified atom stereocenters. The predicted octanol–water partition coefficient (Wildman–Crippen LogP) is 0.553. The number of H-pyrrole nitrogens is 1. The van der Waals surface area contributed by atoms with Crippen LogP contribution >= 0.6 is 12.4 Å². The minimum Gasteiger partial charge on any atom is -0.350 e. The van der Waals surface area contributed by atoms with Gasteiger partial charge in [0.05, 0.1) is 24.9 Å². The van der Waals surface area contributed by atoms with Crippen LogP contribution in [0.4, 0.5) is 8.78 Å². The first-order valence-electron chi connectivity index (χ1n) is 7.05. The first-order valence-corrected chi connectivity index (χ1v) is 7.05. The van der Waals surface area contributed by atoms with Gasteiger partial charge in [-0.1, -0.05) is 0 Å². The van der Waals surface area contributed by atoms with E-state index in [2.05, 4.69) is 15.4 Å². The van der Waals surface area contributed by atoms with Crippen LogP contribution in [0.2, 0.25) is 0 Å². The van der Waals surface area contributed by atoms with Gasteiger partial charge >= 0.3 is 0 Å². The van der Waals surface area contributed by atoms with E-state index in [-0.39, 0.29) is 24.4 Å². The Morgan fingerprint density at radius 3 is 2.62 bits per heavy atom. The number of alkyl halides is 2. The van der Waals surface area contributed by atoms with Gasteiger partial charge in [-0.3, -0.25) is 19.4 Å². The maximum Gasteiger partial charge on any atom is 0.277 e. The summed E-state index contributed by atoms with van der Waals surface area (Å²) < 4.78 is 27.7. The summed E-state index contributed by atoms with van der Waals surface area (Å²) in [6.45, 7) is 1.77. The topological polar surface area (TPSA) is 106 Å². The van der Waals surface area contributed by atoms with Crippen LogP contribution in [0.1, 0.15) is 16.8 Å². The van der Waals surface area contributed by atoms with Crippen molar-refractivity contribution in [3.8, 4) is 0 Å². The standard InChI is InChI=1S/C14H19F2N5O2.ClH/c1-7-9(4-10(22)18-6-14(15,16)5-17)8(2)19-12-11(7)13(23)20-21(12)3;/h4-6,17H2,1-3H3,(H,18,22)(H,20,23);1H. The fourth-order valence-corrected chi connectivity index (χ4v) is 2.43. The van der Waals surface area contributed by atoms with Crippen LogP contribution in [0.5, 0.6) is 0 Å². The number of rotatable bonds is 5. The number of carbonyl (C=O) groups excluding carboxylic acids is 1. The molecule has 0 saturated heterocycles. The quantitative estimate of drug-likeness (QED) is 0.721. The number of pyridine rings is 1. The summed E-state index contributed by atoms with van der Waals surface area (Å²) >= 11 is 0. The molecule has 0 aliphatic carbocycles. The monoisotopic (exact) mass is 363 g/mol. The molecule has 0 aromatic carbocycles. The van der Waals surface area contributed by atoms with E-state index in [1.54, 1.807) is 20.9 Å². The molecule has 0 atom stereocenters. The van der Waals surface area contributed by atoms with Crippen LogP contribution in [-0.2, 0) is 18.3 Å². The van der Waals surface area contributed by atoms with E-state index in [0.717, 1.165) is 0 Å². The van der Waals surface area contributed by atoms with Gasteiger partial charge < -0.3 is 11.1 Å². The number of carbonyl (C=O) groups is 1. The lowest BCUT2D eigenvalue weighted by Gasteiger charge is -2.15. The highest BCUT2D eigenvalue weighted by atomic mass is 35.5. The van der Waals surface area contributed by atoms with Crippen molar-refractivity contribution in [2.45, 2.75) is 26.2 Å². The van der Waals surface area contributed by atoms with Crippen LogP contribution in [0.3, 0.4) is 0 Å². The first-order chi connectivity index (χ1) is 10.7. The third-order valence-electron chi connectivity index (χ3n) is 3.76. The predicted molar refractivity (Wildman–Crippen MR) is 88.8 cm³/mol. The van der Waals surface area contributed by atoms with Gasteiger partial charge in [-0.2, -0.15) is 0 Å². The van der Waals surface area contributed by atoms with E-state index in [9.17, 15) is 18.4 Å². The maximum absolute atomic E-state index is 13.1. The molecule has 0 saturated carbocycles. The number of hydrogen-bond acceptors (Lipinski definition) is 4. The molecule has 0 radical (unpaired) electrons. The van der Waals surface area contributed by atoms with Gasteiger partial charge in [0.1, 0.15) is 0 Å². The Morgan fingerprint density at radius 1 is 1.42 bits per heavy atom. The van der Waals surface area contributed by atoms with Crippen molar-refractivity contribution >= 4 is 29.3 Å². The smallest absolute Gasteiger partial charge is 0.277 e. The molecule has 0 bridgehead atoms. The first kappa shape index (κ1) is 20.0. The summed E-state index contributed by atoms with van der Waals surface area (Å²) in [6, 6.07) is 0. The number of aromatic nitrogens is 3. The molecule has 0 aliphatic heterocycles. The fourth-order valence-electron chi connectivity index (χ4n) is 2.43. The zero-order valence-corrected chi connectivity index (χ0v) is 14.4. The summed E-state index contributed by atoms with van der Waals surface area (Å²) in [7, 11) is 1.66. The number of amides is 1. The second kappa shape index (κ2) is 7.27.